The lowest BCUT2D eigenvalue weighted by Crippen LogP contribution is -2.36. The van der Waals surface area contributed by atoms with Gasteiger partial charge < -0.3 is 10.1 Å². The van der Waals surface area contributed by atoms with Gasteiger partial charge in [-0.15, -0.1) is 0 Å². The van der Waals surface area contributed by atoms with Crippen LogP contribution in [0.1, 0.15) is 61.3 Å². The third-order valence-electron chi connectivity index (χ3n) is 3.67. The van der Waals surface area contributed by atoms with Gasteiger partial charge in [0.15, 0.2) is 0 Å². The van der Waals surface area contributed by atoms with Crippen molar-refractivity contribution in [3.05, 3.63) is 0 Å². The molecular formula is C17H33NO3. The molecule has 0 unspecified atom stereocenters. The fraction of sp³-hybridized carbons (Fsp3) is 0.882. The van der Waals surface area contributed by atoms with E-state index in [-0.39, 0.29) is 34.5 Å². The van der Waals surface area contributed by atoms with Gasteiger partial charge in [-0.25, -0.2) is 0 Å². The number of likely N-dealkylation sites (N-methyl/N-ethyl adjacent to an activating group) is 1. The molecule has 0 spiro atoms. The van der Waals surface area contributed by atoms with E-state index in [4.69, 9.17) is 4.74 Å². The summed E-state index contributed by atoms with van der Waals surface area (Å²) in [6.45, 7) is 14.6. The molecule has 0 aliphatic rings. The lowest BCUT2D eigenvalue weighted by molar-refractivity contribution is -0.146. The molecule has 124 valence electrons. The molecule has 0 saturated heterocycles. The summed E-state index contributed by atoms with van der Waals surface area (Å²) in [6.07, 6.45) is 1.63. The van der Waals surface area contributed by atoms with Crippen molar-refractivity contribution in [2.45, 2.75) is 61.3 Å². The monoisotopic (exact) mass is 299 g/mol. The number of rotatable bonds is 8. The van der Waals surface area contributed by atoms with Crippen molar-refractivity contribution in [2.75, 3.05) is 20.2 Å². The van der Waals surface area contributed by atoms with Crippen LogP contribution in [-0.4, -0.2) is 32.0 Å². The summed E-state index contributed by atoms with van der Waals surface area (Å²) in [4.78, 5) is 23.9. The first-order valence-electron chi connectivity index (χ1n) is 7.67. The molecule has 0 rings (SSSR count). The Hall–Kier alpha value is -0.900. The number of ketones is 1. The van der Waals surface area contributed by atoms with E-state index >= 15 is 0 Å². The van der Waals surface area contributed by atoms with Crippen molar-refractivity contribution in [3.63, 3.8) is 0 Å². The minimum absolute atomic E-state index is 0.126. The number of ether oxygens (including phenoxy) is 1. The van der Waals surface area contributed by atoms with E-state index in [0.29, 0.717) is 6.61 Å². The molecule has 0 amide bonds. The predicted octanol–water partition coefficient (Wildman–Crippen LogP) is 3.20. The Bertz CT molecular complexity index is 365. The van der Waals surface area contributed by atoms with Crippen LogP contribution in [0.2, 0.25) is 0 Å². The van der Waals surface area contributed by atoms with E-state index in [1.165, 1.54) is 0 Å². The molecule has 0 bridgehead atoms. The van der Waals surface area contributed by atoms with Crippen LogP contribution in [-0.2, 0) is 14.3 Å². The average molecular weight is 299 g/mol. The lowest BCUT2D eigenvalue weighted by atomic mass is 9.70. The van der Waals surface area contributed by atoms with Crippen molar-refractivity contribution in [2.24, 2.45) is 16.2 Å². The third kappa shape index (κ3) is 7.60. The van der Waals surface area contributed by atoms with E-state index in [0.717, 1.165) is 12.8 Å². The molecule has 0 aliphatic carbocycles. The molecule has 21 heavy (non-hydrogen) atoms. The number of hydrogen-bond acceptors (Lipinski definition) is 4. The van der Waals surface area contributed by atoms with Gasteiger partial charge in [0.1, 0.15) is 5.78 Å². The zero-order valence-corrected chi connectivity index (χ0v) is 15.1. The molecule has 0 saturated carbocycles. The molecule has 0 aliphatic heterocycles. The number of Topliss-reactive ketones (excluding diaryl/α,β-unsaturated/α-hetero) is 1. The van der Waals surface area contributed by atoms with Crippen molar-refractivity contribution in [1.29, 1.82) is 0 Å². The molecule has 0 aromatic rings. The van der Waals surface area contributed by atoms with Gasteiger partial charge in [0.25, 0.3) is 0 Å². The van der Waals surface area contributed by atoms with Crippen LogP contribution >= 0.6 is 0 Å². The average Bonchev–Trinajstić information content (AvgIpc) is 2.33. The molecule has 1 N–H and O–H groups in total. The first-order valence-corrected chi connectivity index (χ1v) is 7.67. The van der Waals surface area contributed by atoms with Crippen LogP contribution in [0.4, 0.5) is 0 Å². The molecule has 0 aromatic heterocycles. The van der Waals surface area contributed by atoms with Gasteiger partial charge in [-0.3, -0.25) is 9.59 Å². The summed E-state index contributed by atoms with van der Waals surface area (Å²) in [6, 6.07) is 0. The summed E-state index contributed by atoms with van der Waals surface area (Å²) in [7, 11) is 1.72. The van der Waals surface area contributed by atoms with Crippen LogP contribution in [0.3, 0.4) is 0 Å². The van der Waals surface area contributed by atoms with E-state index in [2.05, 4.69) is 19.2 Å². The van der Waals surface area contributed by atoms with Gasteiger partial charge in [-0.05, 0) is 25.3 Å². The second kappa shape index (κ2) is 7.39. The second-order valence-corrected chi connectivity index (χ2v) is 8.32. The van der Waals surface area contributed by atoms with E-state index < -0.39 is 0 Å². The summed E-state index contributed by atoms with van der Waals surface area (Å²) < 4.78 is 5.25. The van der Waals surface area contributed by atoms with Gasteiger partial charge in [-0.1, -0.05) is 48.5 Å². The quantitative estimate of drug-likeness (QED) is 0.699. The largest absolute Gasteiger partial charge is 0.464 e. The van der Waals surface area contributed by atoms with Crippen LogP contribution in [0.25, 0.3) is 0 Å². The fourth-order valence-electron chi connectivity index (χ4n) is 2.32. The standard InChI is InChI=1S/C17H33NO3/c1-15(2,3)14(20)17(6,7)10-9-16(4,5)12-21-13(19)11-18-8/h18H,9-12H2,1-8H3. The van der Waals surface area contributed by atoms with Crippen molar-refractivity contribution in [3.8, 4) is 0 Å². The lowest BCUT2D eigenvalue weighted by Gasteiger charge is -2.34. The van der Waals surface area contributed by atoms with Gasteiger partial charge in [-0.2, -0.15) is 0 Å². The summed E-state index contributed by atoms with van der Waals surface area (Å²) in [5, 5.41) is 2.77. The molecule has 4 nitrogen and oxygen atoms in total. The third-order valence-corrected chi connectivity index (χ3v) is 3.67. The molecular weight excluding hydrogens is 266 g/mol. The van der Waals surface area contributed by atoms with E-state index in [1.807, 2.05) is 34.6 Å². The minimum atomic E-state index is -0.357. The van der Waals surface area contributed by atoms with Crippen LogP contribution < -0.4 is 5.32 Å². The fourth-order valence-corrected chi connectivity index (χ4v) is 2.32. The summed E-state index contributed by atoms with van der Waals surface area (Å²) in [5.74, 6) is 0.0357. The highest BCUT2D eigenvalue weighted by molar-refractivity contribution is 5.88. The first-order chi connectivity index (χ1) is 9.32. The zero-order chi connectivity index (χ0) is 16.9. The summed E-state index contributed by atoms with van der Waals surface area (Å²) >= 11 is 0. The van der Waals surface area contributed by atoms with Crippen LogP contribution in [0.15, 0.2) is 0 Å². The SMILES string of the molecule is CNCC(=O)OCC(C)(C)CCC(C)(C)C(=O)C(C)(C)C. The molecule has 0 fully saturated rings. The topological polar surface area (TPSA) is 55.4 Å². The van der Waals surface area contributed by atoms with Crippen molar-refractivity contribution < 1.29 is 14.3 Å². The van der Waals surface area contributed by atoms with Gasteiger partial charge >= 0.3 is 5.97 Å². The Balaban J connectivity index is 4.47. The Morgan fingerprint density at radius 3 is 1.90 bits per heavy atom. The highest BCUT2D eigenvalue weighted by atomic mass is 16.5. The Labute approximate surface area is 130 Å². The Morgan fingerprint density at radius 1 is 0.952 bits per heavy atom. The normalized spacial score (nSPS) is 13.1. The van der Waals surface area contributed by atoms with Crippen molar-refractivity contribution >= 4 is 11.8 Å². The van der Waals surface area contributed by atoms with Crippen molar-refractivity contribution in [1.82, 2.24) is 5.32 Å². The molecule has 0 heterocycles. The maximum absolute atomic E-state index is 12.5. The molecule has 0 aromatic carbocycles. The number of esters is 1. The predicted molar refractivity (Wildman–Crippen MR) is 86.1 cm³/mol. The number of hydrogen-bond donors (Lipinski definition) is 1. The molecule has 0 radical (unpaired) electrons. The zero-order valence-electron chi connectivity index (χ0n) is 15.1. The highest BCUT2D eigenvalue weighted by Gasteiger charge is 2.37. The first kappa shape index (κ1) is 20.1. The van der Waals surface area contributed by atoms with Crippen LogP contribution in [0.5, 0.6) is 0 Å². The van der Waals surface area contributed by atoms with Gasteiger partial charge in [0.05, 0.1) is 13.2 Å². The number of nitrogens with one attached hydrogen (secondary N) is 1. The summed E-state index contributed by atoms with van der Waals surface area (Å²) in [5.41, 5.74) is -0.809. The second-order valence-electron chi connectivity index (χ2n) is 8.32. The van der Waals surface area contributed by atoms with Crippen LogP contribution in [0, 0.1) is 16.2 Å². The van der Waals surface area contributed by atoms with Gasteiger partial charge in [0, 0.05) is 10.8 Å². The number of carbonyl (C=O) groups excluding carboxylic acids is 2. The Kier molecular flexibility index (Phi) is 7.07. The smallest absolute Gasteiger partial charge is 0.319 e. The highest BCUT2D eigenvalue weighted by Crippen LogP contribution is 2.36. The van der Waals surface area contributed by atoms with Gasteiger partial charge in [0.2, 0.25) is 0 Å². The van der Waals surface area contributed by atoms with E-state index in [9.17, 15) is 9.59 Å². The maximum atomic E-state index is 12.5. The maximum Gasteiger partial charge on any atom is 0.319 e. The molecule has 4 heteroatoms. The number of carbonyl (C=O) groups is 2. The minimum Gasteiger partial charge on any atom is -0.464 e. The van der Waals surface area contributed by atoms with E-state index in [1.54, 1.807) is 7.05 Å². The molecule has 0 atom stereocenters. The Morgan fingerprint density at radius 2 is 1.48 bits per heavy atom.